The molecule has 0 spiro atoms. The highest BCUT2D eigenvalue weighted by atomic mass is 19.4. The summed E-state index contributed by atoms with van der Waals surface area (Å²) in [7, 11) is 0. The standard InChI is InChI=1S/C24H16F6N6O2/c1-13(37)34-20-5-3-2-4-16(20)14-6-7-17(18(10-14)23(25,26)27)22(38)35-15-11-19(24(28,29)30)21(31-12-15)36-32-8-9-33-36/h2-12H,1H3,(H,34,37)(H,35,38). The number of anilines is 2. The van der Waals surface area contributed by atoms with Crippen molar-refractivity contribution < 1.29 is 35.9 Å². The van der Waals surface area contributed by atoms with E-state index >= 15 is 0 Å². The van der Waals surface area contributed by atoms with E-state index in [1.807, 2.05) is 5.32 Å². The lowest BCUT2D eigenvalue weighted by Gasteiger charge is -2.17. The molecule has 0 saturated heterocycles. The number of pyridine rings is 1. The van der Waals surface area contributed by atoms with Crippen LogP contribution in [0.15, 0.2) is 67.1 Å². The van der Waals surface area contributed by atoms with Crippen LogP contribution in [0.25, 0.3) is 16.9 Å². The lowest BCUT2D eigenvalue weighted by atomic mass is 9.97. The van der Waals surface area contributed by atoms with E-state index in [0.717, 1.165) is 30.7 Å². The predicted molar refractivity (Wildman–Crippen MR) is 123 cm³/mol. The molecule has 0 aliphatic rings. The van der Waals surface area contributed by atoms with Crippen molar-refractivity contribution in [3.05, 3.63) is 83.8 Å². The summed E-state index contributed by atoms with van der Waals surface area (Å²) in [6.45, 7) is 1.24. The third kappa shape index (κ3) is 5.63. The Bertz CT molecular complexity index is 1500. The summed E-state index contributed by atoms with van der Waals surface area (Å²) in [5, 5.41) is 11.8. The number of rotatable bonds is 5. The number of carbonyl (C=O) groups is 2. The molecular formula is C24H16F6N6O2. The van der Waals surface area contributed by atoms with Crippen LogP contribution in [0.2, 0.25) is 0 Å². The Labute approximate surface area is 210 Å². The van der Waals surface area contributed by atoms with E-state index in [4.69, 9.17) is 0 Å². The summed E-state index contributed by atoms with van der Waals surface area (Å²) < 4.78 is 82.7. The van der Waals surface area contributed by atoms with Gasteiger partial charge in [-0.25, -0.2) is 4.98 Å². The smallest absolute Gasteiger partial charge is 0.326 e. The average Bonchev–Trinajstić information content (AvgIpc) is 3.37. The van der Waals surface area contributed by atoms with Crippen molar-refractivity contribution >= 4 is 23.2 Å². The van der Waals surface area contributed by atoms with Crippen LogP contribution in [0.4, 0.5) is 37.7 Å². The molecule has 0 bridgehead atoms. The maximum Gasteiger partial charge on any atom is 0.420 e. The van der Waals surface area contributed by atoms with Crippen LogP contribution in [-0.2, 0) is 17.1 Å². The first kappa shape index (κ1) is 26.3. The fourth-order valence-corrected chi connectivity index (χ4v) is 3.60. The van der Waals surface area contributed by atoms with Gasteiger partial charge in [-0.2, -0.15) is 36.5 Å². The van der Waals surface area contributed by atoms with Crippen molar-refractivity contribution in [1.29, 1.82) is 0 Å². The number of aromatic nitrogens is 4. The fraction of sp³-hybridized carbons (Fsp3) is 0.125. The number of hydrogen-bond acceptors (Lipinski definition) is 5. The summed E-state index contributed by atoms with van der Waals surface area (Å²) in [5.41, 5.74) is -3.39. The predicted octanol–water partition coefficient (Wildman–Crippen LogP) is 5.58. The molecule has 0 aliphatic heterocycles. The number of nitrogens with zero attached hydrogens (tertiary/aromatic N) is 4. The normalized spacial score (nSPS) is 11.8. The zero-order valence-corrected chi connectivity index (χ0v) is 19.2. The number of benzene rings is 2. The maximum absolute atomic E-state index is 14.0. The quantitative estimate of drug-likeness (QED) is 0.326. The largest absolute Gasteiger partial charge is 0.420 e. The monoisotopic (exact) mass is 534 g/mol. The summed E-state index contributed by atoms with van der Waals surface area (Å²) in [5.74, 6) is -2.43. The second-order valence-electron chi connectivity index (χ2n) is 7.85. The van der Waals surface area contributed by atoms with Crippen LogP contribution in [0.5, 0.6) is 0 Å². The number of alkyl halides is 6. The number of amides is 2. The highest BCUT2D eigenvalue weighted by Gasteiger charge is 2.37. The van der Waals surface area contributed by atoms with Gasteiger partial charge in [0.05, 0.1) is 35.4 Å². The number of hydrogen-bond donors (Lipinski definition) is 2. The second kappa shape index (κ2) is 9.95. The fourth-order valence-electron chi connectivity index (χ4n) is 3.60. The zero-order valence-electron chi connectivity index (χ0n) is 19.2. The third-order valence-electron chi connectivity index (χ3n) is 5.16. The van der Waals surface area contributed by atoms with E-state index in [2.05, 4.69) is 20.5 Å². The molecule has 0 aliphatic carbocycles. The molecule has 0 radical (unpaired) electrons. The minimum Gasteiger partial charge on any atom is -0.326 e. The molecule has 14 heteroatoms. The molecule has 2 aromatic carbocycles. The van der Waals surface area contributed by atoms with E-state index in [1.165, 1.54) is 25.1 Å². The summed E-state index contributed by atoms with van der Waals surface area (Å²) in [6.07, 6.45) is -6.81. The lowest BCUT2D eigenvalue weighted by Crippen LogP contribution is -2.20. The molecule has 196 valence electrons. The van der Waals surface area contributed by atoms with Crippen molar-refractivity contribution in [2.24, 2.45) is 0 Å². The van der Waals surface area contributed by atoms with E-state index < -0.39 is 52.4 Å². The molecule has 0 unspecified atom stereocenters. The third-order valence-corrected chi connectivity index (χ3v) is 5.16. The second-order valence-corrected chi connectivity index (χ2v) is 7.85. The Morgan fingerprint density at radius 3 is 2.13 bits per heavy atom. The van der Waals surface area contributed by atoms with Gasteiger partial charge in [-0.1, -0.05) is 24.3 Å². The molecule has 38 heavy (non-hydrogen) atoms. The maximum atomic E-state index is 14.0. The van der Waals surface area contributed by atoms with Crippen molar-refractivity contribution in [2.75, 3.05) is 10.6 Å². The van der Waals surface area contributed by atoms with Crippen LogP contribution < -0.4 is 10.6 Å². The molecule has 0 saturated carbocycles. The van der Waals surface area contributed by atoms with Gasteiger partial charge in [-0.15, -0.1) is 4.80 Å². The van der Waals surface area contributed by atoms with Crippen molar-refractivity contribution in [2.45, 2.75) is 19.3 Å². The van der Waals surface area contributed by atoms with Crippen molar-refractivity contribution in [3.63, 3.8) is 0 Å². The van der Waals surface area contributed by atoms with Gasteiger partial charge >= 0.3 is 12.4 Å². The van der Waals surface area contributed by atoms with E-state index in [1.54, 1.807) is 12.1 Å². The van der Waals surface area contributed by atoms with E-state index in [9.17, 15) is 35.9 Å². The molecule has 8 nitrogen and oxygen atoms in total. The zero-order chi connectivity index (χ0) is 27.7. The molecule has 0 atom stereocenters. The Hall–Kier alpha value is -4.75. The van der Waals surface area contributed by atoms with Gasteiger partial charge in [-0.05, 0) is 29.8 Å². The van der Waals surface area contributed by atoms with Crippen LogP contribution >= 0.6 is 0 Å². The van der Waals surface area contributed by atoms with Gasteiger partial charge in [0.15, 0.2) is 5.82 Å². The van der Waals surface area contributed by atoms with Crippen molar-refractivity contribution in [1.82, 2.24) is 20.0 Å². The molecule has 2 aromatic heterocycles. The van der Waals surface area contributed by atoms with Crippen LogP contribution in [-0.4, -0.2) is 31.8 Å². The summed E-state index contributed by atoms with van der Waals surface area (Å²) in [6, 6.07) is 9.50. The number of para-hydroxylation sites is 1. The average molecular weight is 534 g/mol. The van der Waals surface area contributed by atoms with Crippen LogP contribution in [0.3, 0.4) is 0 Å². The van der Waals surface area contributed by atoms with Crippen LogP contribution in [0, 0.1) is 0 Å². The molecule has 2 N–H and O–H groups in total. The van der Waals surface area contributed by atoms with E-state index in [-0.39, 0.29) is 16.8 Å². The lowest BCUT2D eigenvalue weighted by molar-refractivity contribution is -0.138. The van der Waals surface area contributed by atoms with Gasteiger partial charge in [0.2, 0.25) is 5.91 Å². The number of carbonyl (C=O) groups excluding carboxylic acids is 2. The summed E-state index contributed by atoms with van der Waals surface area (Å²) >= 11 is 0. The molecule has 0 fully saturated rings. The van der Waals surface area contributed by atoms with E-state index in [0.29, 0.717) is 10.9 Å². The minimum atomic E-state index is -4.99. The summed E-state index contributed by atoms with van der Waals surface area (Å²) in [4.78, 5) is 28.6. The van der Waals surface area contributed by atoms with Gasteiger partial charge in [0.25, 0.3) is 5.91 Å². The van der Waals surface area contributed by atoms with Gasteiger partial charge < -0.3 is 10.6 Å². The van der Waals surface area contributed by atoms with Crippen molar-refractivity contribution in [3.8, 4) is 16.9 Å². The molecule has 4 aromatic rings. The Balaban J connectivity index is 1.72. The Morgan fingerprint density at radius 1 is 0.842 bits per heavy atom. The number of halogens is 6. The highest BCUT2D eigenvalue weighted by molar-refractivity contribution is 6.06. The van der Waals surface area contributed by atoms with Crippen LogP contribution in [0.1, 0.15) is 28.4 Å². The SMILES string of the molecule is CC(=O)Nc1ccccc1-c1ccc(C(=O)Nc2cnc(-n3nccn3)c(C(F)(F)F)c2)c(C(F)(F)F)c1. The Kier molecular flexibility index (Phi) is 6.89. The van der Waals surface area contributed by atoms with Gasteiger partial charge in [-0.3, -0.25) is 9.59 Å². The molecule has 2 amide bonds. The topological polar surface area (TPSA) is 102 Å². The highest BCUT2D eigenvalue weighted by Crippen LogP contribution is 2.38. The Morgan fingerprint density at radius 2 is 1.50 bits per heavy atom. The van der Waals surface area contributed by atoms with Gasteiger partial charge in [0.1, 0.15) is 5.56 Å². The first-order valence-electron chi connectivity index (χ1n) is 10.7. The number of nitrogens with one attached hydrogen (secondary N) is 2. The molecule has 4 rings (SSSR count). The molecule has 2 heterocycles. The van der Waals surface area contributed by atoms with Gasteiger partial charge in [0, 0.05) is 18.2 Å². The first-order valence-corrected chi connectivity index (χ1v) is 10.7. The first-order chi connectivity index (χ1) is 17.8. The minimum absolute atomic E-state index is 0.0512. The molecular weight excluding hydrogens is 518 g/mol.